The molecule has 2 aliphatic heterocycles. The summed E-state index contributed by atoms with van der Waals surface area (Å²) < 4.78 is 5.98. The number of aromatic hydroxyl groups is 1. The van der Waals surface area contributed by atoms with Gasteiger partial charge >= 0.3 is 11.9 Å². The van der Waals surface area contributed by atoms with Crippen molar-refractivity contribution in [2.24, 2.45) is 0 Å². The minimum absolute atomic E-state index is 0.0408. The number of carboxylic acids is 2. The molecular weight excluding hydrogens is 418 g/mol. The molecule has 1 aromatic rings. The second kappa shape index (κ2) is 7.75. The number of likely N-dealkylation sites (tertiary alicyclic amines) is 1. The molecule has 1 spiro atoms. The number of aliphatic carboxylic acids is 2. The molecule has 5 rings (SSSR count). The molecule has 2 aliphatic carbocycles. The number of benzene rings is 1. The van der Waals surface area contributed by atoms with Crippen LogP contribution < -0.4 is 4.74 Å². The normalized spacial score (nSPS) is 31.8. The van der Waals surface area contributed by atoms with Gasteiger partial charge in [0.2, 0.25) is 0 Å². The lowest BCUT2D eigenvalue weighted by molar-refractivity contribution is -0.187. The van der Waals surface area contributed by atoms with Gasteiger partial charge in [0.05, 0.1) is 11.0 Å². The molecule has 1 saturated heterocycles. The third-order valence-electron chi connectivity index (χ3n) is 7.10. The summed E-state index contributed by atoms with van der Waals surface area (Å²) in [6.07, 6.45) is 4.46. The van der Waals surface area contributed by atoms with Crippen molar-refractivity contribution in [3.05, 3.63) is 48.1 Å². The van der Waals surface area contributed by atoms with Crippen molar-refractivity contribution in [1.29, 1.82) is 0 Å². The van der Waals surface area contributed by atoms with E-state index < -0.39 is 29.1 Å². The van der Waals surface area contributed by atoms with Crippen LogP contribution >= 0.6 is 0 Å². The third kappa shape index (κ3) is 3.03. The highest BCUT2D eigenvalue weighted by molar-refractivity contribution is 5.90. The Morgan fingerprint density at radius 3 is 2.53 bits per heavy atom. The first-order chi connectivity index (χ1) is 15.2. The summed E-state index contributed by atoms with van der Waals surface area (Å²) in [4.78, 5) is 34.0. The topological polar surface area (TPSA) is 145 Å². The van der Waals surface area contributed by atoms with E-state index in [1.165, 1.54) is 0 Å². The van der Waals surface area contributed by atoms with Crippen LogP contribution in [0, 0.1) is 0 Å². The zero-order valence-corrected chi connectivity index (χ0v) is 17.4. The van der Waals surface area contributed by atoms with E-state index in [1.54, 1.807) is 6.07 Å². The molecule has 0 unspecified atom stereocenters. The van der Waals surface area contributed by atoms with Crippen LogP contribution in [-0.2, 0) is 26.2 Å². The molecule has 4 aliphatic rings. The number of ketones is 1. The van der Waals surface area contributed by atoms with Gasteiger partial charge in [0, 0.05) is 43.3 Å². The maximum absolute atomic E-state index is 12.6. The molecule has 2 fully saturated rings. The Morgan fingerprint density at radius 1 is 1.22 bits per heavy atom. The SMILES string of the molecule is C=CCN1CC[C@]23c4c5ccc(O)c4O[C@H]2C(=O)CC[C@@]3(O)[C@H]1C5.O=C(O)/C=C/C(=O)O. The summed E-state index contributed by atoms with van der Waals surface area (Å²) in [5.74, 6) is -1.99. The average molecular weight is 443 g/mol. The average Bonchev–Trinajstić information content (AvgIpc) is 3.09. The highest BCUT2D eigenvalue weighted by Gasteiger charge is 2.73. The Kier molecular flexibility index (Phi) is 5.34. The van der Waals surface area contributed by atoms with Crippen molar-refractivity contribution >= 4 is 17.7 Å². The van der Waals surface area contributed by atoms with Crippen molar-refractivity contribution in [1.82, 2.24) is 4.90 Å². The first-order valence-corrected chi connectivity index (χ1v) is 10.4. The van der Waals surface area contributed by atoms with Crippen molar-refractivity contribution < 1.29 is 39.5 Å². The molecular formula is C23H25NO8. The second-order valence-electron chi connectivity index (χ2n) is 8.57. The fourth-order valence-corrected chi connectivity index (χ4v) is 5.94. The van der Waals surface area contributed by atoms with E-state index in [1.807, 2.05) is 12.1 Å². The van der Waals surface area contributed by atoms with E-state index in [9.17, 15) is 24.6 Å². The molecule has 2 heterocycles. The molecule has 0 radical (unpaired) electrons. The van der Waals surface area contributed by atoms with Gasteiger partial charge in [-0.2, -0.15) is 0 Å². The summed E-state index contributed by atoms with van der Waals surface area (Å²) >= 11 is 0. The molecule has 170 valence electrons. The number of aliphatic hydroxyl groups is 1. The molecule has 1 saturated carbocycles. The van der Waals surface area contributed by atoms with Gasteiger partial charge < -0.3 is 25.2 Å². The Morgan fingerprint density at radius 2 is 1.91 bits per heavy atom. The first kappa shape index (κ1) is 22.0. The van der Waals surface area contributed by atoms with Crippen LogP contribution in [0.15, 0.2) is 36.9 Å². The van der Waals surface area contributed by atoms with Crippen LogP contribution in [-0.4, -0.2) is 73.9 Å². The number of phenolic OH excluding ortho intramolecular Hbond substituents is 1. The van der Waals surface area contributed by atoms with Gasteiger partial charge in [0.25, 0.3) is 0 Å². The van der Waals surface area contributed by atoms with E-state index >= 15 is 0 Å². The number of ether oxygens (including phenoxy) is 1. The molecule has 9 nitrogen and oxygen atoms in total. The van der Waals surface area contributed by atoms with Gasteiger partial charge in [-0.05, 0) is 30.9 Å². The van der Waals surface area contributed by atoms with Crippen LogP contribution in [0.1, 0.15) is 30.4 Å². The maximum Gasteiger partial charge on any atom is 0.328 e. The van der Waals surface area contributed by atoms with Gasteiger partial charge in [-0.25, -0.2) is 9.59 Å². The van der Waals surface area contributed by atoms with Crippen LogP contribution in [0.3, 0.4) is 0 Å². The van der Waals surface area contributed by atoms with Gasteiger partial charge in [0.1, 0.15) is 0 Å². The van der Waals surface area contributed by atoms with Crippen molar-refractivity contribution in [3.63, 3.8) is 0 Å². The minimum atomic E-state index is -1.26. The fraction of sp³-hybridized carbons (Fsp3) is 0.435. The van der Waals surface area contributed by atoms with E-state index in [0.29, 0.717) is 43.6 Å². The minimum Gasteiger partial charge on any atom is -0.504 e. The van der Waals surface area contributed by atoms with Crippen LogP contribution in [0.5, 0.6) is 11.5 Å². The molecule has 9 heteroatoms. The monoisotopic (exact) mass is 443 g/mol. The lowest BCUT2D eigenvalue weighted by Crippen LogP contribution is -2.76. The number of carbonyl (C=O) groups is 3. The summed E-state index contributed by atoms with van der Waals surface area (Å²) in [6.45, 7) is 5.36. The quantitative estimate of drug-likeness (QED) is 0.396. The fourth-order valence-electron chi connectivity index (χ4n) is 5.94. The number of Topliss-reactive ketones (excluding diaryl/α,β-unsaturated/α-hetero) is 1. The number of carbonyl (C=O) groups excluding carboxylic acids is 1. The van der Waals surface area contributed by atoms with Gasteiger partial charge in [-0.1, -0.05) is 12.1 Å². The van der Waals surface area contributed by atoms with E-state index in [2.05, 4.69) is 11.5 Å². The Hall–Kier alpha value is -3.17. The molecule has 32 heavy (non-hydrogen) atoms. The second-order valence-corrected chi connectivity index (χ2v) is 8.57. The maximum atomic E-state index is 12.6. The van der Waals surface area contributed by atoms with Gasteiger partial charge in [0.15, 0.2) is 23.4 Å². The highest BCUT2D eigenvalue weighted by atomic mass is 16.5. The van der Waals surface area contributed by atoms with Crippen LogP contribution in [0.2, 0.25) is 0 Å². The number of rotatable bonds is 4. The van der Waals surface area contributed by atoms with Crippen molar-refractivity contribution in [3.8, 4) is 11.5 Å². The van der Waals surface area contributed by atoms with E-state index in [0.717, 1.165) is 24.2 Å². The standard InChI is InChI=1S/C19H21NO4.C4H4O4/c1-2-8-20-9-7-18-15-11-3-4-12(21)16(15)24-17(18)13(22)5-6-19(18,23)14(20)10-11;5-3(6)1-2-4(7)8/h2-4,14,17,21,23H,1,5-10H2;1-2H,(H,5,6)(H,7,8)/b;2-1+/t14-,17+,18+,19-;/m1./s1. The zero-order chi connectivity index (χ0) is 23.3. The number of hydrogen-bond acceptors (Lipinski definition) is 7. The summed E-state index contributed by atoms with van der Waals surface area (Å²) in [5.41, 5.74) is 0.256. The largest absolute Gasteiger partial charge is 0.504 e. The van der Waals surface area contributed by atoms with Gasteiger partial charge in [-0.15, -0.1) is 6.58 Å². The summed E-state index contributed by atoms with van der Waals surface area (Å²) in [7, 11) is 0. The Balaban J connectivity index is 0.000000265. The zero-order valence-electron chi connectivity index (χ0n) is 17.4. The lowest BCUT2D eigenvalue weighted by Gasteiger charge is -2.62. The molecule has 4 N–H and O–H groups in total. The van der Waals surface area contributed by atoms with Crippen LogP contribution in [0.4, 0.5) is 0 Å². The Bertz CT molecular complexity index is 1020. The van der Waals surface area contributed by atoms with Gasteiger partial charge in [-0.3, -0.25) is 9.69 Å². The number of nitrogens with zero attached hydrogens (tertiary/aromatic N) is 1. The summed E-state index contributed by atoms with van der Waals surface area (Å²) in [6, 6.07) is 3.52. The van der Waals surface area contributed by atoms with Crippen molar-refractivity contribution in [2.75, 3.05) is 13.1 Å². The highest BCUT2D eigenvalue weighted by Crippen LogP contribution is 2.64. The Labute approximate surface area is 184 Å². The molecule has 4 atom stereocenters. The predicted octanol–water partition coefficient (Wildman–Crippen LogP) is 1.01. The summed E-state index contributed by atoms with van der Waals surface area (Å²) in [5, 5.41) is 37.7. The predicted molar refractivity (Wildman–Crippen MR) is 112 cm³/mol. The lowest BCUT2D eigenvalue weighted by atomic mass is 9.49. The number of carboxylic acid groups (broad SMARTS) is 2. The van der Waals surface area contributed by atoms with E-state index in [4.69, 9.17) is 14.9 Å². The van der Waals surface area contributed by atoms with E-state index in [-0.39, 0.29) is 17.6 Å². The molecule has 2 bridgehead atoms. The number of piperidine rings is 1. The third-order valence-corrected chi connectivity index (χ3v) is 7.10. The number of hydrogen-bond donors (Lipinski definition) is 4. The van der Waals surface area contributed by atoms with Crippen molar-refractivity contribution in [2.45, 2.75) is 48.8 Å². The molecule has 0 aromatic heterocycles. The number of phenols is 1. The molecule has 0 amide bonds. The molecule has 1 aromatic carbocycles. The van der Waals surface area contributed by atoms with Crippen LogP contribution in [0.25, 0.3) is 0 Å². The smallest absolute Gasteiger partial charge is 0.328 e. The first-order valence-electron chi connectivity index (χ1n) is 10.4.